The molecule has 2 aromatic rings. The second-order valence-electron chi connectivity index (χ2n) is 6.28. The summed E-state index contributed by atoms with van der Waals surface area (Å²) in [6.07, 6.45) is 5.41. The summed E-state index contributed by atoms with van der Waals surface area (Å²) < 4.78 is 11.0. The van der Waals surface area contributed by atoms with E-state index < -0.39 is 0 Å². The molecule has 2 aromatic heterocycles. The highest BCUT2D eigenvalue weighted by Crippen LogP contribution is 2.39. The number of rotatable bonds is 5. The molecule has 118 valence electrons. The largest absolute Gasteiger partial charge is 0.424 e. The molecule has 2 aliphatic rings. The van der Waals surface area contributed by atoms with Gasteiger partial charge in [-0.1, -0.05) is 12.1 Å². The van der Waals surface area contributed by atoms with Gasteiger partial charge in [0.05, 0.1) is 6.54 Å². The zero-order valence-electron chi connectivity index (χ0n) is 12.9. The Hall–Kier alpha value is -1.76. The number of hydrogen-bond donors (Lipinski definition) is 0. The van der Waals surface area contributed by atoms with E-state index in [2.05, 4.69) is 25.2 Å². The highest BCUT2D eigenvalue weighted by Gasteiger charge is 2.32. The molecule has 1 aliphatic heterocycles. The quantitative estimate of drug-likeness (QED) is 0.838. The van der Waals surface area contributed by atoms with E-state index in [1.807, 2.05) is 6.92 Å². The van der Waals surface area contributed by atoms with E-state index in [0.717, 1.165) is 44.1 Å². The van der Waals surface area contributed by atoms with Crippen molar-refractivity contribution in [3.8, 4) is 0 Å². The van der Waals surface area contributed by atoms with Crippen molar-refractivity contribution >= 4 is 0 Å². The predicted molar refractivity (Wildman–Crippen MR) is 77.2 cm³/mol. The van der Waals surface area contributed by atoms with Crippen molar-refractivity contribution in [1.82, 2.24) is 25.2 Å². The van der Waals surface area contributed by atoms with Crippen LogP contribution in [0.2, 0.25) is 0 Å². The van der Waals surface area contributed by atoms with E-state index >= 15 is 0 Å². The highest BCUT2D eigenvalue weighted by molar-refractivity contribution is 5.05. The lowest BCUT2D eigenvalue weighted by molar-refractivity contribution is 0.178. The molecule has 1 atom stereocenters. The van der Waals surface area contributed by atoms with E-state index in [0.29, 0.717) is 30.2 Å². The summed E-state index contributed by atoms with van der Waals surface area (Å²) >= 11 is 0. The minimum Gasteiger partial charge on any atom is -0.424 e. The van der Waals surface area contributed by atoms with Crippen LogP contribution in [0.15, 0.2) is 8.94 Å². The Balaban J connectivity index is 1.40. The molecule has 7 heteroatoms. The molecule has 0 radical (unpaired) electrons. The number of piperidine rings is 1. The molecule has 3 heterocycles. The molecule has 0 unspecified atom stereocenters. The van der Waals surface area contributed by atoms with Crippen LogP contribution in [0.5, 0.6) is 0 Å². The maximum Gasteiger partial charge on any atom is 0.230 e. The minimum absolute atomic E-state index is 0.346. The highest BCUT2D eigenvalue weighted by atomic mass is 16.5. The summed E-state index contributed by atoms with van der Waals surface area (Å²) in [7, 11) is 0. The average molecular weight is 303 g/mol. The molecule has 22 heavy (non-hydrogen) atoms. The molecule has 0 spiro atoms. The number of nitrogens with zero attached hydrogens (tertiary/aromatic N) is 5. The topological polar surface area (TPSA) is 81.1 Å². The Labute approximate surface area is 129 Å². The Morgan fingerprint density at radius 3 is 2.77 bits per heavy atom. The molecule has 0 amide bonds. The Morgan fingerprint density at radius 1 is 1.14 bits per heavy atom. The van der Waals surface area contributed by atoms with Gasteiger partial charge in [-0.05, 0) is 32.2 Å². The summed E-state index contributed by atoms with van der Waals surface area (Å²) in [4.78, 5) is 6.94. The van der Waals surface area contributed by atoms with Crippen molar-refractivity contribution in [3.63, 3.8) is 0 Å². The Morgan fingerprint density at radius 2 is 2.00 bits per heavy atom. The number of hydrogen-bond acceptors (Lipinski definition) is 7. The first-order valence-electron chi connectivity index (χ1n) is 8.19. The van der Waals surface area contributed by atoms with Crippen molar-refractivity contribution in [1.29, 1.82) is 0 Å². The molecule has 1 saturated carbocycles. The molecular weight excluding hydrogens is 282 g/mol. The summed E-state index contributed by atoms with van der Waals surface area (Å²) in [6, 6.07) is 0. The molecule has 2 fully saturated rings. The fourth-order valence-electron chi connectivity index (χ4n) is 3.01. The molecule has 7 nitrogen and oxygen atoms in total. The van der Waals surface area contributed by atoms with Gasteiger partial charge < -0.3 is 8.94 Å². The van der Waals surface area contributed by atoms with Crippen LogP contribution in [0.4, 0.5) is 0 Å². The fraction of sp³-hybridized carbons (Fsp3) is 0.733. The predicted octanol–water partition coefficient (Wildman–Crippen LogP) is 2.27. The summed E-state index contributed by atoms with van der Waals surface area (Å²) in [5.41, 5.74) is 0. The molecule has 0 aromatic carbocycles. The number of aromatic nitrogens is 4. The number of aryl methyl sites for hydroxylation is 1. The number of likely N-dealkylation sites (tertiary alicyclic amines) is 1. The van der Waals surface area contributed by atoms with Gasteiger partial charge in [0.25, 0.3) is 0 Å². The van der Waals surface area contributed by atoms with E-state index in [1.54, 1.807) is 0 Å². The fourth-order valence-corrected chi connectivity index (χ4v) is 3.01. The molecule has 0 N–H and O–H groups in total. The first-order chi connectivity index (χ1) is 10.8. The van der Waals surface area contributed by atoms with Crippen molar-refractivity contribution in [3.05, 3.63) is 23.5 Å². The van der Waals surface area contributed by atoms with Gasteiger partial charge >= 0.3 is 0 Å². The van der Waals surface area contributed by atoms with E-state index in [9.17, 15) is 0 Å². The van der Waals surface area contributed by atoms with Crippen LogP contribution in [0, 0.1) is 0 Å². The van der Waals surface area contributed by atoms with Crippen LogP contribution in [-0.2, 0) is 13.0 Å². The van der Waals surface area contributed by atoms with Crippen LogP contribution in [0.25, 0.3) is 0 Å². The molecule has 1 saturated heterocycles. The molecular formula is C15H21N5O2. The zero-order valence-corrected chi connectivity index (χ0v) is 12.9. The monoisotopic (exact) mass is 303 g/mol. The van der Waals surface area contributed by atoms with Gasteiger partial charge in [-0.15, -0.1) is 10.2 Å². The molecule has 1 aliphatic carbocycles. The maximum atomic E-state index is 5.61. The lowest BCUT2D eigenvalue weighted by atomic mass is 9.97. The first-order valence-corrected chi connectivity index (χ1v) is 8.19. The minimum atomic E-state index is 0.346. The smallest absolute Gasteiger partial charge is 0.230 e. The van der Waals surface area contributed by atoms with Crippen LogP contribution in [0.3, 0.4) is 0 Å². The average Bonchev–Trinajstić information content (AvgIpc) is 3.10. The Kier molecular flexibility index (Phi) is 3.65. The van der Waals surface area contributed by atoms with Gasteiger partial charge in [-0.25, -0.2) is 0 Å². The van der Waals surface area contributed by atoms with Gasteiger partial charge in [0, 0.05) is 24.8 Å². The normalized spacial score (nSPS) is 23.0. The van der Waals surface area contributed by atoms with Crippen LogP contribution in [0.1, 0.15) is 67.9 Å². The maximum absolute atomic E-state index is 5.61. The first kappa shape index (κ1) is 13.9. The molecule has 0 bridgehead atoms. The van der Waals surface area contributed by atoms with Gasteiger partial charge in [-0.2, -0.15) is 4.98 Å². The third-order valence-corrected chi connectivity index (χ3v) is 4.42. The second kappa shape index (κ2) is 5.79. The summed E-state index contributed by atoms with van der Waals surface area (Å²) in [6.45, 7) is 4.69. The third-order valence-electron chi connectivity index (χ3n) is 4.42. The van der Waals surface area contributed by atoms with Gasteiger partial charge in [-0.3, -0.25) is 4.90 Å². The SMILES string of the molecule is CCc1nnc(CN2CCC[C@@H](c3noc(C4CC4)n3)C2)o1. The zero-order chi connectivity index (χ0) is 14.9. The lowest BCUT2D eigenvalue weighted by Crippen LogP contribution is -2.34. The lowest BCUT2D eigenvalue weighted by Gasteiger charge is -2.29. The van der Waals surface area contributed by atoms with Gasteiger partial charge in [0.1, 0.15) is 0 Å². The van der Waals surface area contributed by atoms with Crippen molar-refractivity contribution in [2.75, 3.05) is 13.1 Å². The van der Waals surface area contributed by atoms with Crippen molar-refractivity contribution < 1.29 is 8.94 Å². The standard InChI is InChI=1S/C15H21N5O2/c1-2-12-17-18-13(21-12)9-20-7-3-4-11(8-20)14-16-15(22-19-14)10-5-6-10/h10-11H,2-9H2,1H3/t11-/m1/s1. The molecule has 4 rings (SSSR count). The van der Waals surface area contributed by atoms with Crippen LogP contribution in [-0.4, -0.2) is 38.3 Å². The van der Waals surface area contributed by atoms with Crippen LogP contribution >= 0.6 is 0 Å². The van der Waals surface area contributed by atoms with E-state index in [4.69, 9.17) is 8.94 Å². The van der Waals surface area contributed by atoms with E-state index in [1.165, 1.54) is 12.8 Å². The van der Waals surface area contributed by atoms with Gasteiger partial charge in [0.15, 0.2) is 5.82 Å². The summed E-state index contributed by atoms with van der Waals surface area (Å²) in [5.74, 6) is 3.97. The summed E-state index contributed by atoms with van der Waals surface area (Å²) in [5, 5.41) is 12.3. The van der Waals surface area contributed by atoms with Crippen LogP contribution < -0.4 is 0 Å². The Bertz CT molecular complexity index is 633. The van der Waals surface area contributed by atoms with Gasteiger partial charge in [0.2, 0.25) is 17.7 Å². The second-order valence-corrected chi connectivity index (χ2v) is 6.28. The van der Waals surface area contributed by atoms with Crippen molar-refractivity contribution in [2.24, 2.45) is 0 Å². The third kappa shape index (κ3) is 2.90. The van der Waals surface area contributed by atoms with Crippen molar-refractivity contribution in [2.45, 2.75) is 57.4 Å². The van der Waals surface area contributed by atoms with E-state index in [-0.39, 0.29) is 0 Å².